The van der Waals surface area contributed by atoms with Gasteiger partial charge in [-0.2, -0.15) is 0 Å². The third kappa shape index (κ3) is 3.33. The number of hydrogen-bond donors (Lipinski definition) is 2. The molecule has 1 atom stereocenters. The van der Waals surface area contributed by atoms with Crippen molar-refractivity contribution in [1.82, 2.24) is 5.32 Å². The number of carbonyl (C=O) groups excluding carboxylic acids is 1. The van der Waals surface area contributed by atoms with Crippen LogP contribution in [0.4, 0.5) is 11.4 Å². The van der Waals surface area contributed by atoms with Crippen LogP contribution in [0.2, 0.25) is 5.02 Å². The molecule has 114 valence electrons. The molecule has 0 saturated carbocycles. The summed E-state index contributed by atoms with van der Waals surface area (Å²) in [5.41, 5.74) is -0.128. The number of anilines is 1. The highest BCUT2D eigenvalue weighted by molar-refractivity contribution is 6.34. The van der Waals surface area contributed by atoms with Crippen LogP contribution in [0.15, 0.2) is 18.2 Å². The zero-order chi connectivity index (χ0) is 15.5. The van der Waals surface area contributed by atoms with E-state index in [1.165, 1.54) is 18.2 Å². The number of benzene rings is 1. The van der Waals surface area contributed by atoms with Crippen LogP contribution in [-0.2, 0) is 4.79 Å². The van der Waals surface area contributed by atoms with Crippen LogP contribution in [0.25, 0.3) is 0 Å². The fraction of sp³-hybridized carbons (Fsp3) is 0.500. The van der Waals surface area contributed by atoms with Gasteiger partial charge in [-0.15, -0.1) is 0 Å². The Labute approximate surface area is 128 Å². The largest absolute Gasteiger partial charge is 0.324 e. The molecule has 6 nitrogen and oxygen atoms in total. The quantitative estimate of drug-likeness (QED) is 0.661. The van der Waals surface area contributed by atoms with E-state index in [9.17, 15) is 14.9 Å². The minimum Gasteiger partial charge on any atom is -0.324 e. The Morgan fingerprint density at radius 2 is 2.33 bits per heavy atom. The highest BCUT2D eigenvalue weighted by Gasteiger charge is 2.38. The van der Waals surface area contributed by atoms with E-state index < -0.39 is 10.3 Å². The van der Waals surface area contributed by atoms with E-state index in [0.29, 0.717) is 12.2 Å². The number of nitro benzene ring substituents is 1. The molecular formula is C14H18ClN3O3. The monoisotopic (exact) mass is 311 g/mol. The van der Waals surface area contributed by atoms with Crippen molar-refractivity contribution in [3.05, 3.63) is 33.3 Å². The molecule has 1 aliphatic heterocycles. The van der Waals surface area contributed by atoms with Gasteiger partial charge in [0.1, 0.15) is 0 Å². The Morgan fingerprint density at radius 1 is 1.57 bits per heavy atom. The number of halogens is 1. The minimum atomic E-state index is -0.518. The molecule has 0 spiro atoms. The number of hydrogen-bond acceptors (Lipinski definition) is 4. The fourth-order valence-corrected chi connectivity index (χ4v) is 2.82. The number of rotatable bonds is 4. The van der Waals surface area contributed by atoms with Crippen molar-refractivity contribution in [2.24, 2.45) is 5.41 Å². The van der Waals surface area contributed by atoms with E-state index >= 15 is 0 Å². The minimum absolute atomic E-state index is 0.0899. The standard InChI is InChI=1S/C14H18ClN3O3/c1-2-14(6-3-7-16-9-14)13(19)17-12-5-4-10(18(20)21)8-11(12)15/h4-5,8,16H,2-3,6-7,9H2,1H3,(H,17,19). The summed E-state index contributed by atoms with van der Waals surface area (Å²) in [6.07, 6.45) is 2.51. The van der Waals surface area contributed by atoms with Crippen molar-refractivity contribution in [2.45, 2.75) is 26.2 Å². The second-order valence-corrected chi connectivity index (χ2v) is 5.70. The Morgan fingerprint density at radius 3 is 2.86 bits per heavy atom. The molecule has 1 fully saturated rings. The topological polar surface area (TPSA) is 84.3 Å². The van der Waals surface area contributed by atoms with Crippen molar-refractivity contribution in [2.75, 3.05) is 18.4 Å². The highest BCUT2D eigenvalue weighted by atomic mass is 35.5. The van der Waals surface area contributed by atoms with Crippen LogP contribution in [0, 0.1) is 15.5 Å². The van der Waals surface area contributed by atoms with E-state index in [1.807, 2.05) is 6.92 Å². The molecule has 21 heavy (non-hydrogen) atoms. The SMILES string of the molecule is CCC1(C(=O)Nc2ccc([N+](=O)[O-])cc2Cl)CCCNC1. The molecule has 2 rings (SSSR count). The van der Waals surface area contributed by atoms with Gasteiger partial charge in [0.25, 0.3) is 5.69 Å². The molecule has 1 amide bonds. The lowest BCUT2D eigenvalue weighted by Crippen LogP contribution is -2.47. The van der Waals surface area contributed by atoms with Gasteiger partial charge >= 0.3 is 0 Å². The molecule has 1 unspecified atom stereocenters. The van der Waals surface area contributed by atoms with Crippen LogP contribution in [0.1, 0.15) is 26.2 Å². The van der Waals surface area contributed by atoms with Crippen LogP contribution in [0.5, 0.6) is 0 Å². The van der Waals surface area contributed by atoms with E-state index in [0.717, 1.165) is 25.8 Å². The lowest BCUT2D eigenvalue weighted by molar-refractivity contribution is -0.384. The van der Waals surface area contributed by atoms with Gasteiger partial charge in [0, 0.05) is 18.7 Å². The van der Waals surface area contributed by atoms with Crippen molar-refractivity contribution in [1.29, 1.82) is 0 Å². The van der Waals surface area contributed by atoms with Gasteiger partial charge in [-0.3, -0.25) is 14.9 Å². The van der Waals surface area contributed by atoms with Gasteiger partial charge < -0.3 is 10.6 Å². The average molecular weight is 312 g/mol. The molecule has 1 aromatic rings. The number of nitro groups is 1. The first-order chi connectivity index (χ1) is 9.98. The molecule has 0 aliphatic carbocycles. The summed E-state index contributed by atoms with van der Waals surface area (Å²) in [7, 11) is 0. The third-order valence-corrected chi connectivity index (χ3v) is 4.36. The molecular weight excluding hydrogens is 294 g/mol. The Balaban J connectivity index is 2.17. The maximum Gasteiger partial charge on any atom is 0.271 e. The van der Waals surface area contributed by atoms with Gasteiger partial charge in [-0.05, 0) is 31.9 Å². The molecule has 2 N–H and O–H groups in total. The van der Waals surface area contributed by atoms with Gasteiger partial charge in [-0.1, -0.05) is 18.5 Å². The normalized spacial score (nSPS) is 21.8. The molecule has 0 aromatic heterocycles. The predicted octanol–water partition coefficient (Wildman–Crippen LogP) is 2.97. The molecule has 1 saturated heterocycles. The van der Waals surface area contributed by atoms with E-state index in [4.69, 9.17) is 11.6 Å². The van der Waals surface area contributed by atoms with E-state index in [2.05, 4.69) is 10.6 Å². The van der Waals surface area contributed by atoms with Crippen LogP contribution < -0.4 is 10.6 Å². The number of nitrogens with zero attached hydrogens (tertiary/aromatic N) is 1. The number of carbonyl (C=O) groups is 1. The Bertz CT molecular complexity index is 556. The smallest absolute Gasteiger partial charge is 0.271 e. The summed E-state index contributed by atoms with van der Waals surface area (Å²) in [6, 6.07) is 4.05. The Hall–Kier alpha value is -1.66. The van der Waals surface area contributed by atoms with Crippen molar-refractivity contribution in [3.63, 3.8) is 0 Å². The molecule has 1 aliphatic rings. The highest BCUT2D eigenvalue weighted by Crippen LogP contribution is 2.33. The summed E-state index contributed by atoms with van der Waals surface area (Å²) in [6.45, 7) is 3.55. The van der Waals surface area contributed by atoms with Crippen LogP contribution in [-0.4, -0.2) is 23.9 Å². The van der Waals surface area contributed by atoms with Crippen molar-refractivity contribution < 1.29 is 9.72 Å². The van der Waals surface area contributed by atoms with Crippen LogP contribution >= 0.6 is 11.6 Å². The zero-order valence-electron chi connectivity index (χ0n) is 11.8. The van der Waals surface area contributed by atoms with Gasteiger partial charge in [0.05, 0.1) is 21.0 Å². The number of amides is 1. The molecule has 7 heteroatoms. The molecule has 0 radical (unpaired) electrons. The lowest BCUT2D eigenvalue weighted by atomic mass is 9.77. The fourth-order valence-electron chi connectivity index (χ4n) is 2.60. The zero-order valence-corrected chi connectivity index (χ0v) is 12.6. The second-order valence-electron chi connectivity index (χ2n) is 5.29. The third-order valence-electron chi connectivity index (χ3n) is 4.04. The molecule has 0 bridgehead atoms. The first-order valence-electron chi connectivity index (χ1n) is 6.94. The number of piperidine rings is 1. The number of nitrogens with one attached hydrogen (secondary N) is 2. The van der Waals surface area contributed by atoms with E-state index in [-0.39, 0.29) is 16.6 Å². The summed E-state index contributed by atoms with van der Waals surface area (Å²) < 4.78 is 0. The molecule has 1 heterocycles. The van der Waals surface area contributed by atoms with Crippen molar-refractivity contribution >= 4 is 28.9 Å². The van der Waals surface area contributed by atoms with Gasteiger partial charge in [-0.25, -0.2) is 0 Å². The summed E-state index contributed by atoms with van der Waals surface area (Å²) in [4.78, 5) is 22.7. The summed E-state index contributed by atoms with van der Waals surface area (Å²) in [5, 5.41) is 16.9. The second kappa shape index (κ2) is 6.41. The summed E-state index contributed by atoms with van der Waals surface area (Å²) >= 11 is 6.01. The first-order valence-corrected chi connectivity index (χ1v) is 7.32. The van der Waals surface area contributed by atoms with E-state index in [1.54, 1.807) is 0 Å². The predicted molar refractivity (Wildman–Crippen MR) is 81.6 cm³/mol. The van der Waals surface area contributed by atoms with Crippen molar-refractivity contribution in [3.8, 4) is 0 Å². The first kappa shape index (κ1) is 15.7. The maximum absolute atomic E-state index is 12.5. The van der Waals surface area contributed by atoms with Gasteiger partial charge in [0.2, 0.25) is 5.91 Å². The van der Waals surface area contributed by atoms with Gasteiger partial charge in [0.15, 0.2) is 0 Å². The lowest BCUT2D eigenvalue weighted by Gasteiger charge is -2.35. The Kier molecular flexibility index (Phi) is 4.80. The molecule has 1 aromatic carbocycles. The average Bonchev–Trinajstić information content (AvgIpc) is 2.49. The number of non-ortho nitro benzene ring substituents is 1. The maximum atomic E-state index is 12.5. The summed E-state index contributed by atoms with van der Waals surface area (Å²) in [5.74, 6) is -0.0899. The van der Waals surface area contributed by atoms with Crippen LogP contribution in [0.3, 0.4) is 0 Å².